The summed E-state index contributed by atoms with van der Waals surface area (Å²) in [5.74, 6) is -0.328. The summed E-state index contributed by atoms with van der Waals surface area (Å²) in [5, 5.41) is 8.28. The van der Waals surface area contributed by atoms with Crippen LogP contribution in [0, 0.1) is 0 Å². The number of carbonyl (C=O) groups is 1. The first-order chi connectivity index (χ1) is 11.6. The van der Waals surface area contributed by atoms with Crippen LogP contribution in [0.5, 0.6) is 5.75 Å². The number of hydrogen-bond acceptors (Lipinski definition) is 4. The number of hydrogen-bond donors (Lipinski definition) is 2. The number of primary sulfonamides is 1. The van der Waals surface area contributed by atoms with Crippen molar-refractivity contribution in [2.45, 2.75) is 17.9 Å². The standard InChI is InChI=1S/C15H13Cl3N2O4S/c1-8(24-14-7-12(17)11(16)6-13(14)18)15(21)20-9-3-2-4-10(5-9)25(19,22)23/h2-8H,1H3,(H,20,21)(H2,19,22,23). The van der Waals surface area contributed by atoms with Crippen LogP contribution in [0.3, 0.4) is 0 Å². The number of benzene rings is 2. The fourth-order valence-corrected chi connectivity index (χ4v) is 2.97. The Morgan fingerprint density at radius 2 is 1.76 bits per heavy atom. The van der Waals surface area contributed by atoms with Crippen molar-refractivity contribution in [1.29, 1.82) is 0 Å². The van der Waals surface area contributed by atoms with Crippen molar-refractivity contribution in [2.24, 2.45) is 5.14 Å². The minimum atomic E-state index is -3.87. The number of rotatable bonds is 5. The molecule has 1 unspecified atom stereocenters. The number of sulfonamides is 1. The normalized spacial score (nSPS) is 12.5. The first-order valence-corrected chi connectivity index (χ1v) is 9.51. The summed E-state index contributed by atoms with van der Waals surface area (Å²) in [4.78, 5) is 12.1. The van der Waals surface area contributed by atoms with Crippen LogP contribution < -0.4 is 15.2 Å². The van der Waals surface area contributed by atoms with Gasteiger partial charge in [-0.3, -0.25) is 4.79 Å². The number of carbonyl (C=O) groups excluding carboxylic acids is 1. The van der Waals surface area contributed by atoms with E-state index in [4.69, 9.17) is 44.7 Å². The largest absolute Gasteiger partial charge is 0.479 e. The second-order valence-corrected chi connectivity index (χ2v) is 7.80. The maximum atomic E-state index is 12.2. The molecule has 0 aromatic heterocycles. The van der Waals surface area contributed by atoms with Crippen molar-refractivity contribution in [3.8, 4) is 5.75 Å². The molecular formula is C15H13Cl3N2O4S. The van der Waals surface area contributed by atoms with Crippen LogP contribution in [0.2, 0.25) is 15.1 Å². The minimum Gasteiger partial charge on any atom is -0.479 e. The number of anilines is 1. The summed E-state index contributed by atoms with van der Waals surface area (Å²) in [6.45, 7) is 1.50. The smallest absolute Gasteiger partial charge is 0.265 e. The Kier molecular flexibility index (Phi) is 6.18. The maximum Gasteiger partial charge on any atom is 0.265 e. The molecule has 2 aromatic rings. The van der Waals surface area contributed by atoms with E-state index in [1.807, 2.05) is 0 Å². The van der Waals surface area contributed by atoms with Gasteiger partial charge in [0, 0.05) is 11.8 Å². The summed E-state index contributed by atoms with van der Waals surface area (Å²) in [7, 11) is -3.87. The molecule has 6 nitrogen and oxygen atoms in total. The molecule has 3 N–H and O–H groups in total. The van der Waals surface area contributed by atoms with Gasteiger partial charge in [0.1, 0.15) is 5.75 Å². The molecule has 1 amide bonds. The Balaban J connectivity index is 2.12. The minimum absolute atomic E-state index is 0.119. The van der Waals surface area contributed by atoms with E-state index < -0.39 is 22.0 Å². The first-order valence-electron chi connectivity index (χ1n) is 6.83. The summed E-state index contributed by atoms with van der Waals surface area (Å²) >= 11 is 17.7. The summed E-state index contributed by atoms with van der Waals surface area (Å²) < 4.78 is 28.2. The molecule has 25 heavy (non-hydrogen) atoms. The zero-order valence-electron chi connectivity index (χ0n) is 12.8. The third kappa shape index (κ3) is 5.23. The lowest BCUT2D eigenvalue weighted by molar-refractivity contribution is -0.122. The van der Waals surface area contributed by atoms with E-state index in [9.17, 15) is 13.2 Å². The van der Waals surface area contributed by atoms with Gasteiger partial charge in [0.05, 0.1) is 20.0 Å². The fraction of sp³-hybridized carbons (Fsp3) is 0.133. The van der Waals surface area contributed by atoms with E-state index in [0.717, 1.165) is 0 Å². The zero-order valence-corrected chi connectivity index (χ0v) is 15.9. The highest BCUT2D eigenvalue weighted by molar-refractivity contribution is 7.89. The molecule has 0 fully saturated rings. The highest BCUT2D eigenvalue weighted by Crippen LogP contribution is 2.34. The van der Waals surface area contributed by atoms with Crippen LogP contribution in [0.4, 0.5) is 5.69 Å². The van der Waals surface area contributed by atoms with Crippen molar-refractivity contribution in [1.82, 2.24) is 0 Å². The number of ether oxygens (including phenoxy) is 1. The van der Waals surface area contributed by atoms with Gasteiger partial charge in [-0.25, -0.2) is 13.6 Å². The predicted molar refractivity (Wildman–Crippen MR) is 98.0 cm³/mol. The average Bonchev–Trinajstić information content (AvgIpc) is 2.52. The van der Waals surface area contributed by atoms with Gasteiger partial charge in [-0.05, 0) is 31.2 Å². The summed E-state index contributed by atoms with van der Waals surface area (Å²) in [5.41, 5.74) is 0.257. The second kappa shape index (κ2) is 7.80. The van der Waals surface area contributed by atoms with Crippen LogP contribution in [-0.4, -0.2) is 20.4 Å². The van der Waals surface area contributed by atoms with Gasteiger partial charge < -0.3 is 10.1 Å². The monoisotopic (exact) mass is 422 g/mol. The average molecular weight is 424 g/mol. The molecule has 2 rings (SSSR count). The third-order valence-electron chi connectivity index (χ3n) is 3.08. The molecule has 0 radical (unpaired) electrons. The molecule has 10 heteroatoms. The molecule has 0 spiro atoms. The Morgan fingerprint density at radius 3 is 2.40 bits per heavy atom. The molecule has 0 aliphatic rings. The number of nitrogens with two attached hydrogens (primary N) is 1. The number of amides is 1. The number of halogens is 3. The summed E-state index contributed by atoms with van der Waals surface area (Å²) in [6, 6.07) is 8.34. The van der Waals surface area contributed by atoms with Gasteiger partial charge >= 0.3 is 0 Å². The lowest BCUT2D eigenvalue weighted by Crippen LogP contribution is -2.30. The van der Waals surface area contributed by atoms with E-state index in [2.05, 4.69) is 5.32 Å². The van der Waals surface area contributed by atoms with Gasteiger partial charge in [0.2, 0.25) is 10.0 Å². The Bertz CT molecular complexity index is 919. The number of nitrogens with one attached hydrogen (secondary N) is 1. The molecule has 0 heterocycles. The van der Waals surface area contributed by atoms with Crippen LogP contribution in [0.1, 0.15) is 6.92 Å². The van der Waals surface area contributed by atoms with Gasteiger partial charge in [-0.2, -0.15) is 0 Å². The van der Waals surface area contributed by atoms with E-state index in [1.54, 1.807) is 0 Å². The molecular weight excluding hydrogens is 411 g/mol. The van der Waals surface area contributed by atoms with Crippen molar-refractivity contribution in [3.05, 3.63) is 51.5 Å². The predicted octanol–water partition coefficient (Wildman–Crippen LogP) is 3.70. The molecule has 0 aliphatic carbocycles. The van der Waals surface area contributed by atoms with Crippen LogP contribution in [0.25, 0.3) is 0 Å². The lowest BCUT2D eigenvalue weighted by Gasteiger charge is -2.16. The van der Waals surface area contributed by atoms with Crippen molar-refractivity contribution in [2.75, 3.05) is 5.32 Å². The van der Waals surface area contributed by atoms with Gasteiger partial charge in [-0.1, -0.05) is 40.9 Å². The third-order valence-corrected chi connectivity index (χ3v) is 5.01. The van der Waals surface area contributed by atoms with Gasteiger partial charge in [-0.15, -0.1) is 0 Å². The second-order valence-electron chi connectivity index (χ2n) is 5.02. The van der Waals surface area contributed by atoms with Gasteiger partial charge in [0.25, 0.3) is 5.91 Å². The Morgan fingerprint density at radius 1 is 1.12 bits per heavy atom. The Hall–Kier alpha value is -1.51. The van der Waals surface area contributed by atoms with E-state index in [0.29, 0.717) is 0 Å². The maximum absolute atomic E-state index is 12.2. The van der Waals surface area contributed by atoms with Crippen LogP contribution in [0.15, 0.2) is 41.3 Å². The van der Waals surface area contributed by atoms with Crippen molar-refractivity contribution < 1.29 is 17.9 Å². The van der Waals surface area contributed by atoms with E-state index in [-0.39, 0.29) is 31.4 Å². The molecule has 2 aromatic carbocycles. The fourth-order valence-electron chi connectivity index (χ4n) is 1.83. The van der Waals surface area contributed by atoms with Crippen LogP contribution in [-0.2, 0) is 14.8 Å². The highest BCUT2D eigenvalue weighted by Gasteiger charge is 2.18. The topological polar surface area (TPSA) is 98.5 Å². The summed E-state index contributed by atoms with van der Waals surface area (Å²) in [6.07, 6.45) is -0.937. The Labute approximate surface area is 159 Å². The van der Waals surface area contributed by atoms with E-state index in [1.165, 1.54) is 43.3 Å². The van der Waals surface area contributed by atoms with Crippen LogP contribution >= 0.6 is 34.8 Å². The molecule has 0 saturated carbocycles. The zero-order chi connectivity index (χ0) is 18.8. The van der Waals surface area contributed by atoms with E-state index >= 15 is 0 Å². The molecule has 0 saturated heterocycles. The molecule has 0 aliphatic heterocycles. The lowest BCUT2D eigenvalue weighted by atomic mass is 10.3. The van der Waals surface area contributed by atoms with Gasteiger partial charge in [0.15, 0.2) is 6.10 Å². The quantitative estimate of drug-likeness (QED) is 0.716. The molecule has 0 bridgehead atoms. The molecule has 1 atom stereocenters. The SMILES string of the molecule is CC(Oc1cc(Cl)c(Cl)cc1Cl)C(=O)Nc1cccc(S(N)(=O)=O)c1. The molecule has 134 valence electrons. The van der Waals surface area contributed by atoms with Crippen molar-refractivity contribution in [3.63, 3.8) is 0 Å². The first kappa shape index (κ1) is 19.8. The van der Waals surface area contributed by atoms with Crippen molar-refractivity contribution >= 4 is 56.4 Å². The highest BCUT2D eigenvalue weighted by atomic mass is 35.5.